The van der Waals surface area contributed by atoms with Crippen molar-refractivity contribution >= 4 is 33.3 Å². The van der Waals surface area contributed by atoms with Crippen LogP contribution in [0.1, 0.15) is 0 Å². The Labute approximate surface area is 111 Å². The quantitative estimate of drug-likeness (QED) is 0.890. The number of benzene rings is 1. The topological polar surface area (TPSA) is 54.0 Å². The summed E-state index contributed by atoms with van der Waals surface area (Å²) in [4.78, 5) is 15.5. The Morgan fingerprint density at radius 3 is 2.61 bits per heavy atom. The van der Waals surface area contributed by atoms with Crippen LogP contribution in [0, 0.1) is 5.82 Å². The van der Waals surface area contributed by atoms with Gasteiger partial charge in [0.15, 0.2) is 0 Å². The molecule has 0 bridgehead atoms. The first-order valence-electron chi connectivity index (χ1n) is 5.09. The lowest BCUT2D eigenvalue weighted by molar-refractivity contribution is 0.262. The zero-order chi connectivity index (χ0) is 13.0. The third-order valence-electron chi connectivity index (χ3n) is 2.14. The van der Waals surface area contributed by atoms with Crippen molar-refractivity contribution in [2.45, 2.75) is 0 Å². The predicted molar refractivity (Wildman–Crippen MR) is 71.0 cm³/mol. The highest BCUT2D eigenvalue weighted by Gasteiger charge is 2.07. The lowest BCUT2D eigenvalue weighted by Crippen LogP contribution is -2.20. The number of hydrogen-bond acceptors (Lipinski definition) is 2. The summed E-state index contributed by atoms with van der Waals surface area (Å²) < 4.78 is 14.0. The summed E-state index contributed by atoms with van der Waals surface area (Å²) in [5.74, 6) is -0.485. The zero-order valence-corrected chi connectivity index (χ0v) is 10.7. The van der Waals surface area contributed by atoms with Crippen molar-refractivity contribution in [3.63, 3.8) is 0 Å². The van der Waals surface area contributed by atoms with E-state index in [1.807, 2.05) is 0 Å². The number of para-hydroxylation sites is 1. The van der Waals surface area contributed by atoms with E-state index in [9.17, 15) is 9.18 Å². The van der Waals surface area contributed by atoms with Crippen LogP contribution in [0.15, 0.2) is 47.2 Å². The Morgan fingerprint density at radius 1 is 1.17 bits per heavy atom. The number of anilines is 2. The standard InChI is InChI=1S/C12H9BrFN3O/c13-8-7-15-6-5-10(8)16-12(18)17-11-4-2-1-3-9(11)14/h1-7H,(H2,15,16,17,18). The van der Waals surface area contributed by atoms with Crippen molar-refractivity contribution in [2.75, 3.05) is 10.6 Å². The van der Waals surface area contributed by atoms with Crippen LogP contribution in [0.25, 0.3) is 0 Å². The molecule has 0 aliphatic carbocycles. The van der Waals surface area contributed by atoms with Crippen LogP contribution >= 0.6 is 15.9 Å². The number of carbonyl (C=O) groups is 1. The second kappa shape index (κ2) is 5.59. The summed E-state index contributed by atoms with van der Waals surface area (Å²) in [6.45, 7) is 0. The summed E-state index contributed by atoms with van der Waals surface area (Å²) >= 11 is 3.25. The number of aromatic nitrogens is 1. The first-order chi connectivity index (χ1) is 8.66. The van der Waals surface area contributed by atoms with Gasteiger partial charge in [0.05, 0.1) is 15.8 Å². The number of rotatable bonds is 2. The largest absolute Gasteiger partial charge is 0.323 e. The minimum atomic E-state index is -0.521. The third-order valence-corrected chi connectivity index (χ3v) is 2.77. The summed E-state index contributed by atoms with van der Waals surface area (Å²) in [6.07, 6.45) is 3.10. The number of pyridine rings is 1. The van der Waals surface area contributed by atoms with Crippen molar-refractivity contribution in [1.82, 2.24) is 4.98 Å². The van der Waals surface area contributed by atoms with E-state index in [-0.39, 0.29) is 5.69 Å². The van der Waals surface area contributed by atoms with Crippen molar-refractivity contribution in [3.8, 4) is 0 Å². The van der Waals surface area contributed by atoms with E-state index in [1.54, 1.807) is 30.6 Å². The van der Waals surface area contributed by atoms with Gasteiger partial charge in [-0.15, -0.1) is 0 Å². The Bertz CT molecular complexity index is 527. The van der Waals surface area contributed by atoms with Crippen LogP contribution in [0.3, 0.4) is 0 Å². The maximum atomic E-state index is 13.3. The van der Waals surface area contributed by atoms with Crippen molar-refractivity contribution in [2.24, 2.45) is 0 Å². The molecule has 6 heteroatoms. The molecular formula is C12H9BrFN3O. The molecule has 2 aromatic rings. The van der Waals surface area contributed by atoms with Gasteiger partial charge in [-0.25, -0.2) is 9.18 Å². The number of nitrogens with one attached hydrogen (secondary N) is 2. The molecule has 2 rings (SSSR count). The fourth-order valence-corrected chi connectivity index (χ4v) is 1.66. The van der Waals surface area contributed by atoms with E-state index < -0.39 is 11.8 Å². The van der Waals surface area contributed by atoms with Gasteiger partial charge < -0.3 is 10.6 Å². The molecule has 1 heterocycles. The first-order valence-corrected chi connectivity index (χ1v) is 5.88. The monoisotopic (exact) mass is 309 g/mol. The Balaban J connectivity index is 2.06. The lowest BCUT2D eigenvalue weighted by Gasteiger charge is -2.09. The molecule has 0 aliphatic heterocycles. The van der Waals surface area contributed by atoms with Crippen LogP contribution in [-0.4, -0.2) is 11.0 Å². The van der Waals surface area contributed by atoms with Crippen LogP contribution in [0.5, 0.6) is 0 Å². The highest BCUT2D eigenvalue weighted by Crippen LogP contribution is 2.20. The zero-order valence-electron chi connectivity index (χ0n) is 9.15. The van der Waals surface area contributed by atoms with Gasteiger partial charge in [-0.05, 0) is 34.1 Å². The Kier molecular flexibility index (Phi) is 3.88. The number of hydrogen-bond donors (Lipinski definition) is 2. The first kappa shape index (κ1) is 12.5. The molecule has 0 atom stereocenters. The highest BCUT2D eigenvalue weighted by atomic mass is 79.9. The molecule has 1 aromatic heterocycles. The number of urea groups is 1. The number of amides is 2. The molecule has 4 nitrogen and oxygen atoms in total. The Hall–Kier alpha value is -1.95. The summed E-state index contributed by atoms with van der Waals surface area (Å²) in [6, 6.07) is 7.06. The van der Waals surface area contributed by atoms with E-state index in [2.05, 4.69) is 31.5 Å². The maximum absolute atomic E-state index is 13.3. The van der Waals surface area contributed by atoms with Gasteiger partial charge in [-0.3, -0.25) is 4.98 Å². The molecule has 0 unspecified atom stereocenters. The fraction of sp³-hybridized carbons (Fsp3) is 0. The fourth-order valence-electron chi connectivity index (χ4n) is 1.32. The molecule has 92 valence electrons. The molecule has 0 saturated heterocycles. The molecule has 2 amide bonds. The maximum Gasteiger partial charge on any atom is 0.323 e. The summed E-state index contributed by atoms with van der Waals surface area (Å²) in [7, 11) is 0. The molecule has 0 saturated carbocycles. The summed E-state index contributed by atoms with van der Waals surface area (Å²) in [5.41, 5.74) is 0.680. The molecular weight excluding hydrogens is 301 g/mol. The van der Waals surface area contributed by atoms with Gasteiger partial charge >= 0.3 is 6.03 Å². The average molecular weight is 310 g/mol. The van der Waals surface area contributed by atoms with E-state index in [0.717, 1.165) is 0 Å². The molecule has 1 aromatic carbocycles. The van der Waals surface area contributed by atoms with Crippen LogP contribution < -0.4 is 10.6 Å². The average Bonchev–Trinajstić information content (AvgIpc) is 2.35. The van der Waals surface area contributed by atoms with Gasteiger partial charge in [-0.1, -0.05) is 12.1 Å². The van der Waals surface area contributed by atoms with E-state index in [0.29, 0.717) is 10.2 Å². The van der Waals surface area contributed by atoms with Crippen LogP contribution in [-0.2, 0) is 0 Å². The molecule has 0 fully saturated rings. The SMILES string of the molecule is O=C(Nc1ccccc1F)Nc1ccncc1Br. The predicted octanol–water partition coefficient (Wildman–Crippen LogP) is 3.63. The Morgan fingerprint density at radius 2 is 1.89 bits per heavy atom. The van der Waals surface area contributed by atoms with Gasteiger partial charge in [0.2, 0.25) is 0 Å². The molecule has 0 aliphatic rings. The number of halogens is 2. The van der Waals surface area contributed by atoms with E-state index in [1.165, 1.54) is 12.1 Å². The van der Waals surface area contributed by atoms with Gasteiger partial charge in [-0.2, -0.15) is 0 Å². The molecule has 18 heavy (non-hydrogen) atoms. The molecule has 0 spiro atoms. The highest BCUT2D eigenvalue weighted by molar-refractivity contribution is 9.10. The molecule has 2 N–H and O–H groups in total. The van der Waals surface area contributed by atoms with Gasteiger partial charge in [0, 0.05) is 12.4 Å². The van der Waals surface area contributed by atoms with Gasteiger partial charge in [0.1, 0.15) is 5.82 Å². The van der Waals surface area contributed by atoms with Crippen LogP contribution in [0.2, 0.25) is 0 Å². The minimum absolute atomic E-state index is 0.125. The second-order valence-corrected chi connectivity index (χ2v) is 4.27. The van der Waals surface area contributed by atoms with Gasteiger partial charge in [0.25, 0.3) is 0 Å². The second-order valence-electron chi connectivity index (χ2n) is 3.41. The number of carbonyl (C=O) groups excluding carboxylic acids is 1. The molecule has 0 radical (unpaired) electrons. The third kappa shape index (κ3) is 3.04. The minimum Gasteiger partial charge on any atom is -0.306 e. The normalized spacial score (nSPS) is 9.89. The van der Waals surface area contributed by atoms with E-state index >= 15 is 0 Å². The summed E-state index contributed by atoms with van der Waals surface area (Å²) in [5, 5.41) is 5.00. The van der Waals surface area contributed by atoms with Crippen molar-refractivity contribution in [3.05, 3.63) is 53.0 Å². The lowest BCUT2D eigenvalue weighted by atomic mass is 10.3. The van der Waals surface area contributed by atoms with Crippen LogP contribution in [0.4, 0.5) is 20.6 Å². The van der Waals surface area contributed by atoms with E-state index in [4.69, 9.17) is 0 Å². The van der Waals surface area contributed by atoms with Crippen molar-refractivity contribution in [1.29, 1.82) is 0 Å². The smallest absolute Gasteiger partial charge is 0.306 e. The number of nitrogens with zero attached hydrogens (tertiary/aromatic N) is 1. The van der Waals surface area contributed by atoms with Crippen molar-refractivity contribution < 1.29 is 9.18 Å².